The van der Waals surface area contributed by atoms with Gasteiger partial charge in [0.2, 0.25) is 11.9 Å². The monoisotopic (exact) mass is 424 g/mol. The number of benzene rings is 1. The van der Waals surface area contributed by atoms with Crippen molar-refractivity contribution in [1.29, 1.82) is 0 Å². The first-order valence-electron chi connectivity index (χ1n) is 11.0. The molecule has 3 N–H and O–H groups in total. The van der Waals surface area contributed by atoms with Crippen LogP contribution in [0.1, 0.15) is 18.4 Å². The Balaban J connectivity index is 1.30. The number of hydrogen-bond acceptors (Lipinski definition) is 7. The van der Waals surface area contributed by atoms with Crippen molar-refractivity contribution in [3.63, 3.8) is 0 Å². The molecule has 1 fully saturated rings. The predicted molar refractivity (Wildman–Crippen MR) is 127 cm³/mol. The summed E-state index contributed by atoms with van der Waals surface area (Å²) in [6.45, 7) is 3.57. The standard InChI is InChI=1S/C23H25BN8/c24-19-15-29-32-21(19)30-22(27-13-17-8-11-25-12-9-17)31-23(32)28-14-16-4-6-18(7-5-16)20-3-1-2-10-26-20/h1-7,10,15,17,25H,8-9,11-14H2,(H2,27,28,30,31). The summed E-state index contributed by atoms with van der Waals surface area (Å²) in [6, 6.07) is 14.2. The molecule has 0 unspecified atom stereocenters. The van der Waals surface area contributed by atoms with Gasteiger partial charge in [-0.3, -0.25) is 4.98 Å². The predicted octanol–water partition coefficient (Wildman–Crippen LogP) is 2.00. The summed E-state index contributed by atoms with van der Waals surface area (Å²) in [5.74, 6) is 1.79. The molecule has 0 bridgehead atoms. The number of fused-ring (bicyclic) bond motifs is 1. The van der Waals surface area contributed by atoms with Crippen LogP contribution in [-0.2, 0) is 6.54 Å². The number of nitrogens with one attached hydrogen (secondary N) is 3. The Hall–Kier alpha value is -3.46. The molecular weight excluding hydrogens is 399 g/mol. The average Bonchev–Trinajstić information content (AvgIpc) is 3.23. The van der Waals surface area contributed by atoms with Gasteiger partial charge in [0.25, 0.3) is 0 Å². The van der Waals surface area contributed by atoms with Gasteiger partial charge in [-0.2, -0.15) is 19.6 Å². The molecule has 1 aliphatic rings. The van der Waals surface area contributed by atoms with Crippen LogP contribution in [0.5, 0.6) is 0 Å². The van der Waals surface area contributed by atoms with E-state index in [0.29, 0.717) is 35.5 Å². The van der Waals surface area contributed by atoms with E-state index in [0.717, 1.165) is 49.3 Å². The minimum atomic E-state index is 0.528. The molecule has 0 spiro atoms. The topological polar surface area (TPSA) is 92.1 Å². The lowest BCUT2D eigenvalue weighted by molar-refractivity contribution is 0.389. The van der Waals surface area contributed by atoms with Gasteiger partial charge < -0.3 is 16.0 Å². The van der Waals surface area contributed by atoms with E-state index in [1.165, 1.54) is 0 Å². The van der Waals surface area contributed by atoms with Gasteiger partial charge in [-0.25, -0.2) is 0 Å². The molecule has 0 amide bonds. The van der Waals surface area contributed by atoms with E-state index in [4.69, 9.17) is 7.85 Å². The van der Waals surface area contributed by atoms with Crippen molar-refractivity contribution in [2.75, 3.05) is 30.3 Å². The van der Waals surface area contributed by atoms with Gasteiger partial charge in [-0.1, -0.05) is 30.3 Å². The second-order valence-electron chi connectivity index (χ2n) is 8.05. The van der Waals surface area contributed by atoms with Gasteiger partial charge in [0.15, 0.2) is 5.65 Å². The van der Waals surface area contributed by atoms with Crippen molar-refractivity contribution >= 4 is 30.9 Å². The van der Waals surface area contributed by atoms with Gasteiger partial charge in [0, 0.05) is 31.0 Å². The lowest BCUT2D eigenvalue weighted by atomic mass is 9.98. The van der Waals surface area contributed by atoms with Gasteiger partial charge in [0.05, 0.1) is 5.69 Å². The van der Waals surface area contributed by atoms with E-state index in [9.17, 15) is 0 Å². The lowest BCUT2D eigenvalue weighted by Gasteiger charge is -2.22. The third-order valence-corrected chi connectivity index (χ3v) is 5.77. The van der Waals surface area contributed by atoms with Crippen molar-refractivity contribution in [3.05, 3.63) is 60.4 Å². The highest BCUT2D eigenvalue weighted by molar-refractivity contribution is 6.36. The van der Waals surface area contributed by atoms with Crippen LogP contribution >= 0.6 is 0 Å². The molecule has 1 saturated heterocycles. The van der Waals surface area contributed by atoms with Gasteiger partial charge in [-0.05, 0) is 55.0 Å². The number of rotatable bonds is 7. The van der Waals surface area contributed by atoms with Crippen molar-refractivity contribution < 1.29 is 0 Å². The second-order valence-corrected chi connectivity index (χ2v) is 8.05. The summed E-state index contributed by atoms with van der Waals surface area (Å²) in [5.41, 5.74) is 4.30. The van der Waals surface area contributed by atoms with Crippen molar-refractivity contribution in [1.82, 2.24) is 29.9 Å². The third-order valence-electron chi connectivity index (χ3n) is 5.77. The van der Waals surface area contributed by atoms with Crippen LogP contribution < -0.4 is 21.4 Å². The van der Waals surface area contributed by atoms with Crippen LogP contribution in [0, 0.1) is 5.92 Å². The van der Waals surface area contributed by atoms with Crippen LogP contribution in [0.15, 0.2) is 54.9 Å². The molecule has 5 rings (SSSR count). The maximum atomic E-state index is 6.09. The van der Waals surface area contributed by atoms with Gasteiger partial charge in [0.1, 0.15) is 7.85 Å². The number of pyridine rings is 1. The molecule has 0 aliphatic carbocycles. The largest absolute Gasteiger partial charge is 0.354 e. The number of piperidine rings is 1. The van der Waals surface area contributed by atoms with Crippen molar-refractivity contribution in [2.24, 2.45) is 5.92 Å². The highest BCUT2D eigenvalue weighted by atomic mass is 15.4. The highest BCUT2D eigenvalue weighted by Crippen LogP contribution is 2.18. The van der Waals surface area contributed by atoms with Crippen LogP contribution in [0.3, 0.4) is 0 Å². The summed E-state index contributed by atoms with van der Waals surface area (Å²) in [5, 5.41) is 14.5. The van der Waals surface area contributed by atoms with E-state index in [1.807, 2.05) is 18.2 Å². The number of anilines is 2. The van der Waals surface area contributed by atoms with Crippen LogP contribution in [0.25, 0.3) is 16.9 Å². The molecule has 9 heteroatoms. The van der Waals surface area contributed by atoms with E-state index < -0.39 is 0 Å². The zero-order valence-electron chi connectivity index (χ0n) is 17.8. The molecule has 1 aromatic carbocycles. The minimum absolute atomic E-state index is 0.528. The van der Waals surface area contributed by atoms with E-state index in [1.54, 1.807) is 16.9 Å². The maximum Gasteiger partial charge on any atom is 0.229 e. The fourth-order valence-electron chi connectivity index (χ4n) is 3.92. The van der Waals surface area contributed by atoms with Gasteiger partial charge >= 0.3 is 0 Å². The quantitative estimate of drug-likeness (QED) is 0.391. The number of nitrogens with zero attached hydrogens (tertiary/aromatic N) is 5. The fourth-order valence-corrected chi connectivity index (χ4v) is 3.92. The summed E-state index contributed by atoms with van der Waals surface area (Å²) in [4.78, 5) is 13.6. The van der Waals surface area contributed by atoms with E-state index >= 15 is 0 Å². The SMILES string of the molecule is [B]c1cnn2c(NCc3ccc(-c4ccccn4)cc3)nc(NCC3CCNCC3)nc12. The Morgan fingerprint density at radius 3 is 2.66 bits per heavy atom. The van der Waals surface area contributed by atoms with Crippen molar-refractivity contribution in [3.8, 4) is 11.3 Å². The first-order chi connectivity index (χ1) is 15.8. The number of aromatic nitrogens is 5. The molecule has 8 nitrogen and oxygen atoms in total. The molecule has 0 saturated carbocycles. The lowest BCUT2D eigenvalue weighted by Crippen LogP contribution is -2.31. The zero-order chi connectivity index (χ0) is 21.8. The summed E-state index contributed by atoms with van der Waals surface area (Å²) in [6.07, 6.45) is 5.72. The summed E-state index contributed by atoms with van der Waals surface area (Å²) >= 11 is 0. The summed E-state index contributed by atoms with van der Waals surface area (Å²) in [7, 11) is 6.09. The third kappa shape index (κ3) is 4.57. The van der Waals surface area contributed by atoms with Crippen molar-refractivity contribution in [2.45, 2.75) is 19.4 Å². The molecule has 32 heavy (non-hydrogen) atoms. The van der Waals surface area contributed by atoms with Crippen LogP contribution in [0.4, 0.5) is 11.9 Å². The Labute approximate surface area is 188 Å². The van der Waals surface area contributed by atoms with Crippen LogP contribution in [0.2, 0.25) is 0 Å². The molecular formula is C23H25BN8. The summed E-state index contributed by atoms with van der Waals surface area (Å²) < 4.78 is 1.65. The fraction of sp³-hybridized carbons (Fsp3) is 0.304. The molecule has 4 aromatic rings. The molecule has 2 radical (unpaired) electrons. The molecule has 160 valence electrons. The average molecular weight is 424 g/mol. The number of hydrogen-bond donors (Lipinski definition) is 3. The van der Waals surface area contributed by atoms with Gasteiger partial charge in [-0.15, -0.1) is 0 Å². The second kappa shape index (κ2) is 9.36. The Kier molecular flexibility index (Phi) is 5.98. The molecule has 3 aromatic heterocycles. The first kappa shape index (κ1) is 20.4. The zero-order valence-corrected chi connectivity index (χ0v) is 17.8. The maximum absolute atomic E-state index is 6.09. The highest BCUT2D eigenvalue weighted by Gasteiger charge is 2.15. The molecule has 0 atom stereocenters. The van der Waals surface area contributed by atoms with E-state index in [-0.39, 0.29) is 0 Å². The smallest absolute Gasteiger partial charge is 0.229 e. The Morgan fingerprint density at radius 2 is 1.88 bits per heavy atom. The Bertz CT molecular complexity index is 1170. The minimum Gasteiger partial charge on any atom is -0.354 e. The van der Waals surface area contributed by atoms with Crippen LogP contribution in [-0.4, -0.2) is 52.0 Å². The van der Waals surface area contributed by atoms with E-state index in [2.05, 4.69) is 60.3 Å². The molecule has 1 aliphatic heterocycles. The Morgan fingerprint density at radius 1 is 1.03 bits per heavy atom. The first-order valence-corrected chi connectivity index (χ1v) is 11.0. The normalized spacial score (nSPS) is 14.5. The molecule has 4 heterocycles.